The average Bonchev–Trinajstić information content (AvgIpc) is 2.45. The van der Waals surface area contributed by atoms with Gasteiger partial charge in [-0.25, -0.2) is 4.79 Å². The van der Waals surface area contributed by atoms with Crippen LogP contribution in [-0.2, 0) is 11.2 Å². The Balaban J connectivity index is 1.76. The third kappa shape index (κ3) is 2.60. The van der Waals surface area contributed by atoms with Crippen LogP contribution in [0.15, 0.2) is 54.6 Å². The molecule has 3 heteroatoms. The Bertz CT molecular complexity index is 580. The van der Waals surface area contributed by atoms with Gasteiger partial charge in [-0.2, -0.15) is 0 Å². The lowest BCUT2D eigenvalue weighted by Gasteiger charge is -2.29. The molecule has 0 bridgehead atoms. The van der Waals surface area contributed by atoms with Gasteiger partial charge in [0.1, 0.15) is 6.54 Å². The van der Waals surface area contributed by atoms with E-state index in [-0.39, 0.29) is 5.97 Å². The van der Waals surface area contributed by atoms with Crippen LogP contribution < -0.4 is 9.64 Å². The molecule has 0 aliphatic carbocycles. The van der Waals surface area contributed by atoms with Gasteiger partial charge in [0.15, 0.2) is 5.75 Å². The second kappa shape index (κ2) is 5.14. The molecule has 0 spiro atoms. The first-order valence-electron chi connectivity index (χ1n) is 6.41. The summed E-state index contributed by atoms with van der Waals surface area (Å²) in [7, 11) is 0. The van der Waals surface area contributed by atoms with Crippen LogP contribution in [0.3, 0.4) is 0 Å². The molecule has 0 saturated carbocycles. The first-order valence-corrected chi connectivity index (χ1v) is 6.41. The van der Waals surface area contributed by atoms with Crippen molar-refractivity contribution in [2.75, 3.05) is 18.0 Å². The zero-order valence-electron chi connectivity index (χ0n) is 10.6. The predicted octanol–water partition coefficient (Wildman–Crippen LogP) is 2.65. The molecule has 1 aliphatic rings. The molecule has 0 radical (unpaired) electrons. The number of rotatable bonds is 3. The summed E-state index contributed by atoms with van der Waals surface area (Å²) in [6.07, 6.45) is 0.919. The van der Waals surface area contributed by atoms with Gasteiger partial charge in [-0.05, 0) is 24.1 Å². The first-order chi connectivity index (χ1) is 9.33. The first kappa shape index (κ1) is 11.8. The molecule has 0 amide bonds. The molecule has 2 aromatic carbocycles. The van der Waals surface area contributed by atoms with Crippen LogP contribution in [0.1, 0.15) is 5.56 Å². The number of fused-ring (bicyclic) bond motifs is 1. The van der Waals surface area contributed by atoms with Gasteiger partial charge in [-0.15, -0.1) is 0 Å². The molecular formula is C16H15NO2. The number of hydrogen-bond acceptors (Lipinski definition) is 3. The van der Waals surface area contributed by atoms with Gasteiger partial charge in [0, 0.05) is 6.54 Å². The highest BCUT2D eigenvalue weighted by molar-refractivity contribution is 5.84. The molecule has 0 fully saturated rings. The third-order valence-electron chi connectivity index (χ3n) is 3.26. The average molecular weight is 253 g/mol. The van der Waals surface area contributed by atoms with Crippen molar-refractivity contribution >= 4 is 11.7 Å². The maximum absolute atomic E-state index is 11.6. The van der Waals surface area contributed by atoms with E-state index < -0.39 is 0 Å². The molecule has 0 saturated heterocycles. The van der Waals surface area contributed by atoms with Gasteiger partial charge in [0.2, 0.25) is 0 Å². The summed E-state index contributed by atoms with van der Waals surface area (Å²) < 4.78 is 5.23. The zero-order chi connectivity index (χ0) is 13.1. The van der Waals surface area contributed by atoms with Gasteiger partial charge in [0.05, 0.1) is 5.69 Å². The fourth-order valence-corrected chi connectivity index (χ4v) is 2.31. The summed E-state index contributed by atoms with van der Waals surface area (Å²) in [5, 5.41) is 0. The molecule has 96 valence electrons. The van der Waals surface area contributed by atoms with Crippen molar-refractivity contribution in [1.29, 1.82) is 0 Å². The van der Waals surface area contributed by atoms with Crippen molar-refractivity contribution in [3.05, 3.63) is 60.2 Å². The molecule has 0 N–H and O–H groups in total. The number of esters is 1. The molecular weight excluding hydrogens is 238 g/mol. The minimum atomic E-state index is -0.188. The normalized spacial score (nSPS) is 13.9. The van der Waals surface area contributed by atoms with Crippen LogP contribution in [0.2, 0.25) is 0 Å². The quantitative estimate of drug-likeness (QED) is 0.622. The Kier molecular flexibility index (Phi) is 3.19. The number of carbonyl (C=O) groups is 1. The van der Waals surface area contributed by atoms with Crippen molar-refractivity contribution in [3.8, 4) is 5.75 Å². The van der Waals surface area contributed by atoms with Crippen LogP contribution in [0.25, 0.3) is 0 Å². The molecule has 0 atom stereocenters. The molecule has 2 aromatic rings. The topological polar surface area (TPSA) is 29.5 Å². The fraction of sp³-hybridized carbons (Fsp3) is 0.188. The van der Waals surface area contributed by atoms with Crippen LogP contribution >= 0.6 is 0 Å². The van der Waals surface area contributed by atoms with Gasteiger partial charge in [-0.1, -0.05) is 42.5 Å². The largest absolute Gasteiger partial charge is 0.423 e. The summed E-state index contributed by atoms with van der Waals surface area (Å²) in [6, 6.07) is 18.0. The predicted molar refractivity (Wildman–Crippen MR) is 74.4 cm³/mol. The van der Waals surface area contributed by atoms with Gasteiger partial charge in [0.25, 0.3) is 0 Å². The number of carbonyl (C=O) groups excluding carboxylic acids is 1. The van der Waals surface area contributed by atoms with Crippen molar-refractivity contribution in [3.63, 3.8) is 0 Å². The Labute approximate surface area is 112 Å². The Morgan fingerprint density at radius 3 is 2.58 bits per heavy atom. The van der Waals surface area contributed by atoms with Crippen LogP contribution in [0.5, 0.6) is 5.75 Å². The number of ether oxygens (including phenoxy) is 1. The van der Waals surface area contributed by atoms with Crippen LogP contribution in [0, 0.1) is 0 Å². The highest BCUT2D eigenvalue weighted by Crippen LogP contribution is 2.31. The number of nitrogens with zero attached hydrogens (tertiary/aromatic N) is 1. The minimum Gasteiger partial charge on any atom is -0.423 e. The smallest absolute Gasteiger partial charge is 0.331 e. The highest BCUT2D eigenvalue weighted by Gasteiger charge is 2.22. The SMILES string of the molecule is O=C1CN(CCc2ccccc2)c2ccccc2O1. The second-order valence-electron chi connectivity index (χ2n) is 4.60. The number of hydrogen-bond donors (Lipinski definition) is 0. The molecule has 3 nitrogen and oxygen atoms in total. The van der Waals surface area contributed by atoms with Gasteiger partial charge in [-0.3, -0.25) is 0 Å². The summed E-state index contributed by atoms with van der Waals surface area (Å²) in [4.78, 5) is 13.7. The number of para-hydroxylation sites is 2. The monoisotopic (exact) mass is 253 g/mol. The maximum Gasteiger partial charge on any atom is 0.331 e. The summed E-state index contributed by atoms with van der Waals surface area (Å²) in [6.45, 7) is 1.14. The van der Waals surface area contributed by atoms with Crippen molar-refractivity contribution in [2.45, 2.75) is 6.42 Å². The van der Waals surface area contributed by atoms with E-state index in [0.29, 0.717) is 12.3 Å². The lowest BCUT2D eigenvalue weighted by molar-refractivity contribution is -0.133. The van der Waals surface area contributed by atoms with Crippen LogP contribution in [-0.4, -0.2) is 19.1 Å². The van der Waals surface area contributed by atoms with E-state index >= 15 is 0 Å². The number of benzene rings is 2. The molecule has 19 heavy (non-hydrogen) atoms. The third-order valence-corrected chi connectivity index (χ3v) is 3.26. The molecule has 0 aromatic heterocycles. The molecule has 1 heterocycles. The van der Waals surface area contributed by atoms with Crippen LogP contribution in [0.4, 0.5) is 5.69 Å². The summed E-state index contributed by atoms with van der Waals surface area (Å²) in [5.41, 5.74) is 2.27. The lowest BCUT2D eigenvalue weighted by Crippen LogP contribution is -2.37. The minimum absolute atomic E-state index is 0.188. The van der Waals surface area contributed by atoms with Gasteiger partial charge < -0.3 is 9.64 Å². The summed E-state index contributed by atoms with van der Waals surface area (Å²) >= 11 is 0. The molecule has 0 unspecified atom stereocenters. The van der Waals surface area contributed by atoms with E-state index in [4.69, 9.17) is 4.74 Å². The van der Waals surface area contributed by atoms with E-state index in [1.165, 1.54) is 5.56 Å². The van der Waals surface area contributed by atoms with Crippen molar-refractivity contribution < 1.29 is 9.53 Å². The Hall–Kier alpha value is -2.29. The Morgan fingerprint density at radius 1 is 1.00 bits per heavy atom. The number of anilines is 1. The summed E-state index contributed by atoms with van der Waals surface area (Å²) in [5.74, 6) is 0.471. The highest BCUT2D eigenvalue weighted by atomic mass is 16.5. The zero-order valence-corrected chi connectivity index (χ0v) is 10.6. The van der Waals surface area contributed by atoms with Crippen molar-refractivity contribution in [2.24, 2.45) is 0 Å². The fourth-order valence-electron chi connectivity index (χ4n) is 2.31. The molecule has 3 rings (SSSR count). The maximum atomic E-state index is 11.6. The van der Waals surface area contributed by atoms with E-state index in [9.17, 15) is 4.79 Å². The lowest BCUT2D eigenvalue weighted by atomic mass is 10.1. The van der Waals surface area contributed by atoms with Gasteiger partial charge >= 0.3 is 5.97 Å². The van der Waals surface area contributed by atoms with Crippen molar-refractivity contribution in [1.82, 2.24) is 0 Å². The Morgan fingerprint density at radius 2 is 1.74 bits per heavy atom. The molecule has 1 aliphatic heterocycles. The van der Waals surface area contributed by atoms with E-state index in [1.807, 2.05) is 42.5 Å². The second-order valence-corrected chi connectivity index (χ2v) is 4.60. The van der Waals surface area contributed by atoms with E-state index in [0.717, 1.165) is 18.7 Å². The van der Waals surface area contributed by atoms with E-state index in [2.05, 4.69) is 17.0 Å². The van der Waals surface area contributed by atoms with E-state index in [1.54, 1.807) is 0 Å². The standard InChI is InChI=1S/C16H15NO2/c18-16-12-17(11-10-13-6-2-1-3-7-13)14-8-4-5-9-15(14)19-16/h1-9H,10-12H2.